The summed E-state index contributed by atoms with van der Waals surface area (Å²) in [4.78, 5) is 21.6. The summed E-state index contributed by atoms with van der Waals surface area (Å²) >= 11 is 0. The van der Waals surface area contributed by atoms with Gasteiger partial charge in [0.25, 0.3) is 0 Å². The van der Waals surface area contributed by atoms with Crippen LogP contribution in [-0.4, -0.2) is 28.9 Å². The fraction of sp³-hybridized carbons (Fsp3) is 0.172. The third-order valence-corrected chi connectivity index (χ3v) is 21.1. The number of ether oxygens (including phenoxy) is 2. The molecule has 6 nitrogen and oxygen atoms in total. The quantitative estimate of drug-likeness (QED) is 0.106. The molecule has 68 heavy (non-hydrogen) atoms. The lowest BCUT2D eigenvalue weighted by molar-refractivity contribution is 0.275. The first kappa shape index (κ1) is 53.6. The Hall–Kier alpha value is -5.38. The third kappa shape index (κ3) is 13.2. The molecule has 0 fully saturated rings. The first-order valence-electron chi connectivity index (χ1n) is 22.3. The van der Waals surface area contributed by atoms with Crippen LogP contribution in [0.2, 0.25) is 0 Å². The highest BCUT2D eigenvalue weighted by atomic mass is 35.5. The normalized spacial score (nSPS) is 11.2. The molecule has 10 heteroatoms. The second-order valence-corrected chi connectivity index (χ2v) is 24.9. The summed E-state index contributed by atoms with van der Waals surface area (Å²) in [5.41, 5.74) is 10.6. The minimum atomic E-state index is -4.64. The van der Waals surface area contributed by atoms with Gasteiger partial charge in [-0.25, -0.2) is 4.57 Å². The summed E-state index contributed by atoms with van der Waals surface area (Å²) < 4.78 is 20.0. The van der Waals surface area contributed by atoms with Crippen LogP contribution in [-0.2, 0) is 16.9 Å². The lowest BCUT2D eigenvalue weighted by Gasteiger charge is -2.31. The van der Waals surface area contributed by atoms with E-state index in [-0.39, 0.29) is 12.4 Å². The van der Waals surface area contributed by atoms with Crippen molar-refractivity contribution in [3.05, 3.63) is 239 Å². The lowest BCUT2D eigenvalue weighted by Crippen LogP contribution is -2.36. The van der Waals surface area contributed by atoms with Crippen LogP contribution >= 0.6 is 34.8 Å². The van der Waals surface area contributed by atoms with Gasteiger partial charge in [0.15, 0.2) is 0 Å². The number of phosphoric acid groups is 1. The molecule has 0 heterocycles. The van der Waals surface area contributed by atoms with Gasteiger partial charge in [-0.15, -0.1) is 12.4 Å². The van der Waals surface area contributed by atoms with Crippen LogP contribution < -0.4 is 41.3 Å². The predicted octanol–water partition coefficient (Wildman–Crippen LogP) is 11.7. The van der Waals surface area contributed by atoms with Gasteiger partial charge >= 0.3 is 7.82 Å². The van der Waals surface area contributed by atoms with Crippen LogP contribution in [0.5, 0.6) is 11.5 Å². The molecule has 8 rings (SSSR count). The molecule has 352 valence electrons. The maximum atomic E-state index is 8.88. The molecule has 0 radical (unpaired) electrons. The molecule has 3 N–H and O–H groups in total. The van der Waals surface area contributed by atoms with Crippen LogP contribution in [0.15, 0.2) is 194 Å². The van der Waals surface area contributed by atoms with Crippen molar-refractivity contribution in [2.24, 2.45) is 0 Å². The van der Waals surface area contributed by atoms with Crippen LogP contribution in [0.25, 0.3) is 0 Å². The largest absolute Gasteiger partial charge is 0.497 e. The van der Waals surface area contributed by atoms with E-state index in [1.54, 1.807) is 14.2 Å². The molecule has 0 spiro atoms. The van der Waals surface area contributed by atoms with Gasteiger partial charge in [0.1, 0.15) is 57.9 Å². The number of halogens is 1. The first-order valence-corrected chi connectivity index (χ1v) is 27.8. The fourth-order valence-electron chi connectivity index (χ4n) is 9.03. The number of aryl methyl sites for hydroxylation is 6. The Morgan fingerprint density at radius 1 is 0.397 bits per heavy atom. The number of methoxy groups -OCH3 is 2. The van der Waals surface area contributed by atoms with E-state index >= 15 is 0 Å². The Bertz CT molecular complexity index is 2740. The fourth-order valence-corrected chi connectivity index (χ4v) is 18.6. The van der Waals surface area contributed by atoms with Gasteiger partial charge in [-0.2, -0.15) is 0 Å². The van der Waals surface area contributed by atoms with E-state index in [1.807, 2.05) is 12.1 Å². The van der Waals surface area contributed by atoms with Crippen molar-refractivity contribution in [3.8, 4) is 11.5 Å². The second kappa shape index (κ2) is 24.3. The lowest BCUT2D eigenvalue weighted by atomic mass is 10.2. The molecule has 0 aromatic heterocycles. The van der Waals surface area contributed by atoms with Gasteiger partial charge in [-0.1, -0.05) is 115 Å². The van der Waals surface area contributed by atoms with Crippen molar-refractivity contribution in [1.29, 1.82) is 0 Å². The minimum absolute atomic E-state index is 0. The van der Waals surface area contributed by atoms with E-state index < -0.39 is 22.3 Å². The van der Waals surface area contributed by atoms with Crippen molar-refractivity contribution in [2.75, 3.05) is 14.2 Å². The zero-order valence-electron chi connectivity index (χ0n) is 40.2. The molecule has 0 saturated heterocycles. The summed E-state index contributed by atoms with van der Waals surface area (Å²) in [5.74, 6) is 1.82. The number of rotatable bonds is 12. The first-order chi connectivity index (χ1) is 32.1. The summed E-state index contributed by atoms with van der Waals surface area (Å²) in [7, 11) is -5.07. The zero-order chi connectivity index (χ0) is 48.2. The van der Waals surface area contributed by atoms with E-state index in [2.05, 4.69) is 224 Å². The molecule has 8 aromatic carbocycles. The van der Waals surface area contributed by atoms with Gasteiger partial charge in [-0.05, 0) is 165 Å². The van der Waals surface area contributed by atoms with Gasteiger partial charge in [0.05, 0.1) is 26.5 Å². The Balaban J connectivity index is 0.000000228. The molecule has 0 amide bonds. The second-order valence-electron chi connectivity index (χ2n) is 17.0. The van der Waals surface area contributed by atoms with Crippen LogP contribution in [0, 0.1) is 41.5 Å². The van der Waals surface area contributed by atoms with Gasteiger partial charge in [0, 0.05) is 0 Å². The summed E-state index contributed by atoms with van der Waals surface area (Å²) in [6.07, 6.45) is 1.92. The Morgan fingerprint density at radius 3 is 0.985 bits per heavy atom. The molecule has 0 saturated carbocycles. The molecule has 0 atom stereocenters. The summed E-state index contributed by atoms with van der Waals surface area (Å²) in [5, 5.41) is 8.65. The van der Waals surface area contributed by atoms with E-state index in [9.17, 15) is 0 Å². The SMILES string of the molecule is COc1cccc(C[P+](c2cccc(C)c2)(c2cccc(C)c2)c2cccc(C)c2)c1.COc1cccc(C[P+](c2ccccc2C)(c2ccccc2C)c2ccccc2C)c1.Cl.O=P(O)(O)O. The highest BCUT2D eigenvalue weighted by Gasteiger charge is 2.49. The van der Waals surface area contributed by atoms with Crippen molar-refractivity contribution in [3.63, 3.8) is 0 Å². The predicted molar refractivity (Wildman–Crippen MR) is 294 cm³/mol. The average Bonchev–Trinajstić information content (AvgIpc) is 3.30. The van der Waals surface area contributed by atoms with Crippen LogP contribution in [0.4, 0.5) is 0 Å². The summed E-state index contributed by atoms with van der Waals surface area (Å²) in [6, 6.07) is 71.3. The molecule has 0 unspecified atom stereocenters. The van der Waals surface area contributed by atoms with E-state index in [0.717, 1.165) is 23.8 Å². The van der Waals surface area contributed by atoms with Gasteiger partial charge in [0.2, 0.25) is 0 Å². The molecular weight excluding hydrogens is 921 g/mol. The highest BCUT2D eigenvalue weighted by Crippen LogP contribution is 2.61. The topological polar surface area (TPSA) is 96.2 Å². The smallest absolute Gasteiger partial charge is 0.466 e. The number of benzene rings is 8. The van der Waals surface area contributed by atoms with E-state index in [1.165, 1.54) is 76.3 Å². The molecule has 0 aliphatic carbocycles. The summed E-state index contributed by atoms with van der Waals surface area (Å²) in [6.45, 7) is 13.3. The highest BCUT2D eigenvalue weighted by molar-refractivity contribution is 7.95. The third-order valence-electron chi connectivity index (χ3n) is 12.0. The van der Waals surface area contributed by atoms with Gasteiger partial charge in [-0.3, -0.25) is 0 Å². The van der Waals surface area contributed by atoms with Gasteiger partial charge < -0.3 is 24.2 Å². The Kier molecular flexibility index (Phi) is 19.1. The Morgan fingerprint density at radius 2 is 0.691 bits per heavy atom. The maximum absolute atomic E-state index is 8.88. The molecule has 0 aliphatic heterocycles. The monoisotopic (exact) mass is 984 g/mol. The van der Waals surface area contributed by atoms with Crippen molar-refractivity contribution in [2.45, 2.75) is 53.9 Å². The zero-order valence-corrected chi connectivity index (χ0v) is 43.7. The standard InChI is InChI=1S/2C29H30OP.ClH.H3O4P/c1-22-9-5-14-27(17-22)31(28-15-6-10-23(2)18-28,29-16-7-11-24(3)19-29)21-25-12-8-13-26(20-25)30-4;1-22-12-5-8-17-27(22)31(28-18-9-6-13-23(28)2,29-19-10-7-14-24(29)3)21-25-15-11-16-26(20-25)30-4;;1-5(2,3)4/h2*5-20H,21H2,1-4H3;1H;(H3,1,2,3,4)/q2*+1;;. The molecule has 8 aromatic rings. The number of hydrogen-bond acceptors (Lipinski definition) is 3. The Labute approximate surface area is 411 Å². The van der Waals surface area contributed by atoms with Crippen molar-refractivity contribution < 1.29 is 28.7 Å². The maximum Gasteiger partial charge on any atom is 0.466 e. The number of hydrogen-bond donors (Lipinski definition) is 3. The van der Waals surface area contributed by atoms with Crippen LogP contribution in [0.3, 0.4) is 0 Å². The van der Waals surface area contributed by atoms with Crippen molar-refractivity contribution in [1.82, 2.24) is 0 Å². The molecular formula is C58H64ClO6P3+2. The molecule has 0 aliphatic rings. The van der Waals surface area contributed by atoms with Crippen molar-refractivity contribution >= 4 is 66.6 Å². The molecule has 0 bridgehead atoms. The van der Waals surface area contributed by atoms with E-state index in [4.69, 9.17) is 28.7 Å². The van der Waals surface area contributed by atoms with Crippen LogP contribution in [0.1, 0.15) is 44.5 Å². The minimum Gasteiger partial charge on any atom is -0.497 e. The average molecular weight is 986 g/mol. The van der Waals surface area contributed by atoms with E-state index in [0.29, 0.717) is 0 Å².